The Morgan fingerprint density at radius 2 is 1.74 bits per heavy atom. The molecule has 0 atom stereocenters. The summed E-state index contributed by atoms with van der Waals surface area (Å²) in [5, 5.41) is 0. The van der Waals surface area contributed by atoms with Gasteiger partial charge in [-0.25, -0.2) is 18.4 Å². The predicted molar refractivity (Wildman–Crippen MR) is 134 cm³/mol. The SMILES string of the molecule is CN1CCN(Cc2cnc3c(-c4cncc(CS(C)(=O)=O)c4)nc(N4CCCCC4)cn23)CC1. The van der Waals surface area contributed by atoms with Crippen molar-refractivity contribution in [1.29, 1.82) is 0 Å². The van der Waals surface area contributed by atoms with Crippen LogP contribution in [-0.2, 0) is 22.1 Å². The number of anilines is 1. The van der Waals surface area contributed by atoms with E-state index in [1.165, 1.54) is 25.5 Å². The van der Waals surface area contributed by atoms with E-state index in [1.54, 1.807) is 12.4 Å². The smallest absolute Gasteiger partial charge is 0.163 e. The van der Waals surface area contributed by atoms with E-state index in [0.29, 0.717) is 5.56 Å². The molecule has 0 bridgehead atoms. The summed E-state index contributed by atoms with van der Waals surface area (Å²) >= 11 is 0. The Labute approximate surface area is 201 Å². The third-order valence-corrected chi connectivity index (χ3v) is 7.57. The first kappa shape index (κ1) is 23.2. The maximum atomic E-state index is 11.9. The standard InChI is InChI=1S/C24H33N7O2S/c1-28-8-10-29(11-9-28)16-21-15-26-24-23(20-12-19(13-25-14-20)18-34(2,32)33)27-22(17-31(21)24)30-6-4-3-5-7-30/h12-15,17H,3-11,16,18H2,1-2H3. The zero-order valence-corrected chi connectivity index (χ0v) is 20.8. The van der Waals surface area contributed by atoms with Gasteiger partial charge in [-0.3, -0.25) is 14.3 Å². The molecule has 0 N–H and O–H groups in total. The summed E-state index contributed by atoms with van der Waals surface area (Å²) < 4.78 is 25.9. The fraction of sp³-hybridized carbons (Fsp3) is 0.542. The van der Waals surface area contributed by atoms with Gasteiger partial charge < -0.3 is 9.80 Å². The Morgan fingerprint density at radius 3 is 2.47 bits per heavy atom. The van der Waals surface area contributed by atoms with Crippen LogP contribution in [0.2, 0.25) is 0 Å². The number of nitrogens with zero attached hydrogens (tertiary/aromatic N) is 7. The fourth-order valence-corrected chi connectivity index (χ4v) is 5.61. The third kappa shape index (κ3) is 5.24. The minimum Gasteiger partial charge on any atom is -0.355 e. The van der Waals surface area contributed by atoms with Gasteiger partial charge in [-0.1, -0.05) is 0 Å². The minimum atomic E-state index is -3.16. The van der Waals surface area contributed by atoms with Gasteiger partial charge in [0.25, 0.3) is 0 Å². The van der Waals surface area contributed by atoms with E-state index in [1.807, 2.05) is 12.3 Å². The van der Waals surface area contributed by atoms with E-state index >= 15 is 0 Å². The molecule has 2 aliphatic rings. The van der Waals surface area contributed by atoms with Crippen LogP contribution in [0.5, 0.6) is 0 Å². The van der Waals surface area contributed by atoms with Crippen LogP contribution >= 0.6 is 0 Å². The Bertz CT molecular complexity index is 1260. The molecule has 2 fully saturated rings. The molecule has 34 heavy (non-hydrogen) atoms. The molecule has 0 saturated carbocycles. The number of rotatable bonds is 6. The minimum absolute atomic E-state index is 0.0426. The Kier molecular flexibility index (Phi) is 6.54. The van der Waals surface area contributed by atoms with E-state index in [0.717, 1.165) is 74.2 Å². The largest absolute Gasteiger partial charge is 0.355 e. The second kappa shape index (κ2) is 9.59. The number of aromatic nitrogens is 4. The molecule has 0 radical (unpaired) electrons. The molecule has 5 heterocycles. The lowest BCUT2D eigenvalue weighted by atomic mass is 10.1. The number of likely N-dealkylation sites (N-methyl/N-ethyl adjacent to an activating group) is 1. The van der Waals surface area contributed by atoms with Crippen molar-refractivity contribution >= 4 is 21.3 Å². The monoisotopic (exact) mass is 483 g/mol. The summed E-state index contributed by atoms with van der Waals surface area (Å²) in [4.78, 5) is 21.3. The first-order valence-corrected chi connectivity index (χ1v) is 14.1. The van der Waals surface area contributed by atoms with Gasteiger partial charge in [0.15, 0.2) is 15.5 Å². The topological polar surface area (TPSA) is 86.9 Å². The van der Waals surface area contributed by atoms with E-state index in [-0.39, 0.29) is 5.75 Å². The van der Waals surface area contributed by atoms with Crippen LogP contribution in [-0.4, -0.2) is 90.1 Å². The molecule has 2 saturated heterocycles. The number of sulfone groups is 1. The molecule has 10 heteroatoms. The van der Waals surface area contributed by atoms with Crippen molar-refractivity contribution in [3.05, 3.63) is 42.1 Å². The molecule has 3 aromatic heterocycles. The Balaban J connectivity index is 1.56. The van der Waals surface area contributed by atoms with Crippen molar-refractivity contribution in [3.63, 3.8) is 0 Å². The maximum Gasteiger partial charge on any atom is 0.163 e. The van der Waals surface area contributed by atoms with Crippen LogP contribution in [0.1, 0.15) is 30.5 Å². The predicted octanol–water partition coefficient (Wildman–Crippen LogP) is 2.07. The molecule has 3 aromatic rings. The summed E-state index contributed by atoms with van der Waals surface area (Å²) in [7, 11) is -0.992. The molecule has 2 aliphatic heterocycles. The van der Waals surface area contributed by atoms with Gasteiger partial charge in [-0.2, -0.15) is 0 Å². The normalized spacial score (nSPS) is 18.6. The molecule has 0 aliphatic carbocycles. The van der Waals surface area contributed by atoms with Crippen LogP contribution in [0.4, 0.5) is 5.82 Å². The zero-order valence-electron chi connectivity index (χ0n) is 20.0. The maximum absolute atomic E-state index is 11.9. The first-order valence-electron chi connectivity index (χ1n) is 12.0. The lowest BCUT2D eigenvalue weighted by Crippen LogP contribution is -2.44. The molecular formula is C24H33N7O2S. The number of fused-ring (bicyclic) bond motifs is 1. The number of piperidine rings is 1. The summed E-state index contributed by atoms with van der Waals surface area (Å²) in [6.45, 7) is 7.04. The van der Waals surface area contributed by atoms with Gasteiger partial charge in [0, 0.05) is 70.0 Å². The van der Waals surface area contributed by atoms with Crippen molar-refractivity contribution < 1.29 is 8.42 Å². The van der Waals surface area contributed by atoms with Crippen LogP contribution < -0.4 is 4.90 Å². The van der Waals surface area contributed by atoms with E-state index in [9.17, 15) is 8.42 Å². The average molecular weight is 484 g/mol. The van der Waals surface area contributed by atoms with Crippen LogP contribution in [0.15, 0.2) is 30.9 Å². The van der Waals surface area contributed by atoms with E-state index in [2.05, 4.69) is 37.3 Å². The molecule has 0 amide bonds. The number of piperazine rings is 1. The van der Waals surface area contributed by atoms with Gasteiger partial charge in [0.05, 0.1) is 23.8 Å². The molecule has 9 nitrogen and oxygen atoms in total. The summed E-state index contributed by atoms with van der Waals surface area (Å²) in [6, 6.07) is 1.88. The average Bonchev–Trinajstić information content (AvgIpc) is 3.22. The summed E-state index contributed by atoms with van der Waals surface area (Å²) in [5.74, 6) is 0.896. The highest BCUT2D eigenvalue weighted by Gasteiger charge is 2.21. The zero-order chi connectivity index (χ0) is 23.7. The molecule has 0 unspecified atom stereocenters. The Morgan fingerprint density at radius 1 is 0.971 bits per heavy atom. The Hall–Kier alpha value is -2.56. The second-order valence-corrected chi connectivity index (χ2v) is 11.8. The lowest BCUT2D eigenvalue weighted by molar-refractivity contribution is 0.146. The highest BCUT2D eigenvalue weighted by molar-refractivity contribution is 7.89. The highest BCUT2D eigenvalue weighted by Crippen LogP contribution is 2.28. The van der Waals surface area contributed by atoms with Crippen molar-refractivity contribution in [2.24, 2.45) is 0 Å². The molecule has 0 spiro atoms. The molecule has 182 valence electrons. The van der Waals surface area contributed by atoms with Gasteiger partial charge >= 0.3 is 0 Å². The molecule has 0 aromatic carbocycles. The fourth-order valence-electron chi connectivity index (χ4n) is 4.84. The van der Waals surface area contributed by atoms with Crippen molar-refractivity contribution in [1.82, 2.24) is 29.2 Å². The second-order valence-electron chi connectivity index (χ2n) is 9.67. The first-order chi connectivity index (χ1) is 16.4. The van der Waals surface area contributed by atoms with Gasteiger partial charge in [0.2, 0.25) is 0 Å². The van der Waals surface area contributed by atoms with Crippen LogP contribution in [0.3, 0.4) is 0 Å². The van der Waals surface area contributed by atoms with E-state index < -0.39 is 9.84 Å². The number of imidazole rings is 1. The lowest BCUT2D eigenvalue weighted by Gasteiger charge is -2.32. The van der Waals surface area contributed by atoms with Gasteiger partial charge in [0.1, 0.15) is 11.5 Å². The van der Waals surface area contributed by atoms with Crippen molar-refractivity contribution in [2.45, 2.75) is 31.6 Å². The number of pyridine rings is 1. The van der Waals surface area contributed by atoms with E-state index in [4.69, 9.17) is 9.97 Å². The highest BCUT2D eigenvalue weighted by atomic mass is 32.2. The summed E-state index contributed by atoms with van der Waals surface area (Å²) in [6.07, 6.45) is 12.3. The van der Waals surface area contributed by atoms with Gasteiger partial charge in [-0.15, -0.1) is 0 Å². The van der Waals surface area contributed by atoms with Crippen molar-refractivity contribution in [3.8, 4) is 11.3 Å². The molecule has 5 rings (SSSR count). The van der Waals surface area contributed by atoms with Crippen molar-refractivity contribution in [2.75, 3.05) is 57.5 Å². The van der Waals surface area contributed by atoms with Gasteiger partial charge in [-0.05, 0) is 37.9 Å². The number of hydrogen-bond acceptors (Lipinski definition) is 8. The van der Waals surface area contributed by atoms with Crippen LogP contribution in [0, 0.1) is 0 Å². The molecular weight excluding hydrogens is 450 g/mol. The number of hydrogen-bond donors (Lipinski definition) is 0. The quantitative estimate of drug-likeness (QED) is 0.527. The van der Waals surface area contributed by atoms with Crippen LogP contribution in [0.25, 0.3) is 16.9 Å². The summed E-state index contributed by atoms with van der Waals surface area (Å²) in [5.41, 5.74) is 4.12. The third-order valence-electron chi connectivity index (χ3n) is 6.71.